The summed E-state index contributed by atoms with van der Waals surface area (Å²) in [6, 6.07) is 0. The van der Waals surface area contributed by atoms with Crippen molar-refractivity contribution in [1.82, 2.24) is 20.4 Å². The molecule has 2 fully saturated rings. The van der Waals surface area contributed by atoms with E-state index in [1.807, 2.05) is 41.5 Å². The normalized spacial score (nSPS) is 24.1. The number of alkyl carbamates (subject to hydrolysis) is 2. The van der Waals surface area contributed by atoms with Crippen LogP contribution in [-0.4, -0.2) is 138 Å². The van der Waals surface area contributed by atoms with Crippen molar-refractivity contribution in [3.05, 3.63) is 44.5 Å². The van der Waals surface area contributed by atoms with Crippen LogP contribution in [-0.2, 0) is 50.1 Å². The number of carbonyl (C=O) groups is 2. The van der Waals surface area contributed by atoms with Crippen molar-refractivity contribution >= 4 is 271 Å². The van der Waals surface area contributed by atoms with Gasteiger partial charge in [0.1, 0.15) is 11.2 Å². The van der Waals surface area contributed by atoms with E-state index in [2.05, 4.69) is 20.4 Å². The Balaban J connectivity index is 0.682. The molecule has 0 bridgehead atoms. The molecule has 12 nitrogen and oxygen atoms in total. The Morgan fingerprint density at radius 2 is 0.429 bits per heavy atom. The monoisotopic (exact) mass is 1270 g/mol. The lowest BCUT2D eigenvalue weighted by Crippen LogP contribution is -2.51. The van der Waals surface area contributed by atoms with Crippen molar-refractivity contribution in [2.24, 2.45) is 0 Å². The molecule has 0 aromatic heterocycles. The fourth-order valence-electron chi connectivity index (χ4n) is 29.7. The molecule has 0 radical (unpaired) electrons. The van der Waals surface area contributed by atoms with Gasteiger partial charge < -0.3 is 39.1 Å². The van der Waals surface area contributed by atoms with Gasteiger partial charge in [-0.25, -0.2) is 9.59 Å². The molecule has 2 heterocycles. The van der Waals surface area contributed by atoms with Crippen molar-refractivity contribution < 1.29 is 38.0 Å². The molecule has 8 aliphatic carbocycles. The Bertz CT molecular complexity index is 7620. The average Bonchev–Trinajstić information content (AvgIpc) is 1.38. The maximum absolute atomic E-state index is 12.4. The van der Waals surface area contributed by atoms with Crippen molar-refractivity contribution in [2.75, 3.05) is 105 Å². The van der Waals surface area contributed by atoms with Crippen molar-refractivity contribution in [2.45, 2.75) is 74.4 Å². The molecule has 4 unspecified atom stereocenters. The number of carbonyl (C=O) groups excluding carboxylic acids is 2. The Morgan fingerprint density at radius 1 is 0.265 bits per heavy atom. The molecule has 0 saturated carbocycles. The van der Waals surface area contributed by atoms with E-state index in [4.69, 9.17) is 28.4 Å². The molecule has 10 aliphatic rings. The van der Waals surface area contributed by atoms with E-state index in [9.17, 15) is 9.59 Å². The summed E-state index contributed by atoms with van der Waals surface area (Å²) in [5.74, 6) is 0. The van der Waals surface area contributed by atoms with Gasteiger partial charge in [-0.05, 0) is 345 Å². The summed E-state index contributed by atoms with van der Waals surface area (Å²) in [7, 11) is 0. The zero-order valence-electron chi connectivity index (χ0n) is 54.5. The lowest BCUT2D eigenvalue weighted by Gasteiger charge is -2.50. The predicted molar refractivity (Wildman–Crippen MR) is 392 cm³/mol. The first kappa shape index (κ1) is 47.1. The first-order valence-corrected chi connectivity index (χ1v) is 36.6. The molecule has 2 N–H and O–H groups in total. The van der Waals surface area contributed by atoms with E-state index in [-0.39, 0.29) is 21.7 Å². The molecule has 464 valence electrons. The molecule has 34 rings (SSSR count). The average molecular weight is 1270 g/mol. The minimum Gasteiger partial charge on any atom is -0.444 e. The third-order valence-corrected chi connectivity index (χ3v) is 30.4. The highest BCUT2D eigenvalue weighted by molar-refractivity contribution is 6.77. The quantitative estimate of drug-likeness (QED) is 0.0635. The summed E-state index contributed by atoms with van der Waals surface area (Å²) in [5.41, 5.74) is 11.5. The second kappa shape index (κ2) is 12.5. The summed E-state index contributed by atoms with van der Waals surface area (Å²) in [6.45, 7) is 21.8. The number of hydrogen-bond acceptors (Lipinski definition) is 10. The summed E-state index contributed by atoms with van der Waals surface area (Å²) < 4.78 is 36.5. The van der Waals surface area contributed by atoms with Crippen LogP contribution in [0.25, 0.3) is 259 Å². The van der Waals surface area contributed by atoms with E-state index in [1.165, 1.54) is 0 Å². The van der Waals surface area contributed by atoms with E-state index in [1.54, 1.807) is 303 Å². The second-order valence-electron chi connectivity index (χ2n) is 35.3. The maximum Gasteiger partial charge on any atom is 0.407 e. The zero-order chi connectivity index (χ0) is 62.6. The van der Waals surface area contributed by atoms with Crippen LogP contribution < -0.4 is 10.6 Å². The van der Waals surface area contributed by atoms with Crippen LogP contribution in [0.1, 0.15) is 86.1 Å². The predicted octanol–water partition coefficient (Wildman–Crippen LogP) is 16.6. The van der Waals surface area contributed by atoms with E-state index < -0.39 is 23.4 Å². The number of amides is 2. The molecule has 98 heavy (non-hydrogen) atoms. The number of nitrogens with one attached hydrogen (secondary N) is 2. The standard InChI is InChI=1S/C86H52N4O8/c1-81(2,3)97-79(91)87-7-11-93-15-17-95-13-9-89-19-83-71-55-39-27-25-23-24-26-28-30-35-45-33(26)43(31(23)39)59(71)61(45)73-63-47(35)38-42(30)58-56-40(28)32(24)44-34(25)46-36-29(27)41-37-48(36)64-68-52-49(37)65(75(83)57(41)55)69-53(52)54-51(67(63)77(69)85(73,83)21-89)50(38)66-70(54)78(68)86-22-90(20-84(86,76(58)66)72(56)60(44)62(46)74(64)86)10-14-96-18-16-94-12-8-88-80(92)98-82(4,5)6/h7-22H2,1-6H3,(H,87,91)(H,88,92). The fourth-order valence-corrected chi connectivity index (χ4v) is 29.7. The van der Waals surface area contributed by atoms with Crippen molar-refractivity contribution in [3.63, 3.8) is 0 Å². The highest BCUT2D eigenvalue weighted by atomic mass is 16.6. The smallest absolute Gasteiger partial charge is 0.407 e. The van der Waals surface area contributed by atoms with Gasteiger partial charge in [0.05, 0.1) is 74.5 Å². The van der Waals surface area contributed by atoms with E-state index in [0.29, 0.717) is 65.9 Å². The highest BCUT2D eigenvalue weighted by Gasteiger charge is 2.76. The Hall–Kier alpha value is -8.98. The Labute approximate surface area is 550 Å². The van der Waals surface area contributed by atoms with E-state index >= 15 is 0 Å². The summed E-state index contributed by atoms with van der Waals surface area (Å²) in [6.07, 6.45) is -0.832. The second-order valence-corrected chi connectivity index (χ2v) is 35.3. The maximum atomic E-state index is 12.4. The van der Waals surface area contributed by atoms with Crippen LogP contribution in [0, 0.1) is 0 Å². The van der Waals surface area contributed by atoms with Gasteiger partial charge in [0.15, 0.2) is 0 Å². The molecule has 2 aliphatic heterocycles. The molecular weight excluding hydrogens is 1220 g/mol. The van der Waals surface area contributed by atoms with E-state index in [0.717, 1.165) is 39.3 Å². The molecule has 4 atom stereocenters. The fraction of sp³-hybridized carbons (Fsp3) is 0.326. The van der Waals surface area contributed by atoms with Crippen LogP contribution in [0.3, 0.4) is 0 Å². The van der Waals surface area contributed by atoms with Gasteiger partial charge in [-0.2, -0.15) is 0 Å². The van der Waals surface area contributed by atoms with Crippen LogP contribution >= 0.6 is 0 Å². The van der Waals surface area contributed by atoms with Crippen molar-refractivity contribution in [3.8, 4) is 0 Å². The summed E-state index contributed by atoms with van der Waals surface area (Å²) in [5, 5.41) is 84.6. The van der Waals surface area contributed by atoms with Gasteiger partial charge in [0, 0.05) is 52.4 Å². The molecule has 12 heteroatoms. The third-order valence-electron chi connectivity index (χ3n) is 30.4. The third kappa shape index (κ3) is 3.47. The van der Waals surface area contributed by atoms with Crippen LogP contribution in [0.4, 0.5) is 9.59 Å². The number of benzene rings is 16. The number of hydrogen-bond donors (Lipinski definition) is 2. The Kier molecular flexibility index (Phi) is 6.00. The van der Waals surface area contributed by atoms with Gasteiger partial charge in [0.2, 0.25) is 0 Å². The Morgan fingerprint density at radius 3 is 0.602 bits per heavy atom. The SMILES string of the molecule is CC(C)(C)OC(=O)NCCOCCOCCN1CC23c4c5c6c7c8c9c(c%10c%11c2c2c4c4c%12c%13c%14c%15c%16c%17c%18c%19c%20c%21c%22c(c%13c4c4c2c2c%11c%11c%10c%10c9c9c%13c8c(c6c%15c5%12)c%16c%13c%18c5c%19c6c%21c(c2c%224)c%11c6c%10c59)C%202CN(CCOCCOCCNC(=O)OC(C)(C)C)CC%14%172)C73C1. The number of nitrogens with zero attached hydrogens (tertiary/aromatic N) is 2. The first-order valence-electron chi connectivity index (χ1n) is 36.6. The molecule has 4 spiro atoms. The van der Waals surface area contributed by atoms with Crippen LogP contribution in [0.15, 0.2) is 0 Å². The first-order chi connectivity index (χ1) is 47.8. The number of likely N-dealkylation sites (tertiary alicyclic amines) is 2. The minimum absolute atomic E-state index is 0.305. The lowest BCUT2D eigenvalue weighted by molar-refractivity contribution is 0.0352. The molecule has 24 aromatic carbocycles. The summed E-state index contributed by atoms with van der Waals surface area (Å²) >= 11 is 0. The number of rotatable bonds is 18. The lowest BCUT2D eigenvalue weighted by atomic mass is 9.50. The van der Waals surface area contributed by atoms with Crippen LogP contribution in [0.5, 0.6) is 0 Å². The topological polar surface area (TPSA) is 120 Å². The minimum atomic E-state index is -0.546. The molecule has 2 amide bonds. The van der Waals surface area contributed by atoms with Crippen LogP contribution in [0.2, 0.25) is 0 Å². The van der Waals surface area contributed by atoms with Gasteiger partial charge in [-0.1, -0.05) is 0 Å². The summed E-state index contributed by atoms with van der Waals surface area (Å²) in [4.78, 5) is 30.7. The molecule has 2 saturated heterocycles. The van der Waals surface area contributed by atoms with Gasteiger partial charge in [0.25, 0.3) is 0 Å². The largest absolute Gasteiger partial charge is 0.444 e. The van der Waals surface area contributed by atoms with Gasteiger partial charge >= 0.3 is 12.2 Å². The molecule has 24 aromatic rings. The zero-order valence-corrected chi connectivity index (χ0v) is 54.5. The van der Waals surface area contributed by atoms with Crippen molar-refractivity contribution in [1.29, 1.82) is 0 Å². The molecular formula is C86H52N4O8. The van der Waals surface area contributed by atoms with Gasteiger partial charge in [-0.15, -0.1) is 0 Å². The number of ether oxygens (including phenoxy) is 6. The van der Waals surface area contributed by atoms with Gasteiger partial charge in [-0.3, -0.25) is 9.80 Å². The highest BCUT2D eigenvalue weighted by Crippen LogP contribution is 2.88.